The van der Waals surface area contributed by atoms with E-state index in [4.69, 9.17) is 4.98 Å². The lowest BCUT2D eigenvalue weighted by Crippen LogP contribution is -2.44. The van der Waals surface area contributed by atoms with Crippen LogP contribution in [0.15, 0.2) is 6.33 Å². The van der Waals surface area contributed by atoms with Crippen molar-refractivity contribution in [2.75, 3.05) is 11.4 Å². The van der Waals surface area contributed by atoms with Gasteiger partial charge < -0.3 is 10.0 Å². The smallest absolute Gasteiger partial charge is 0.141 e. The van der Waals surface area contributed by atoms with Gasteiger partial charge in [-0.15, -0.1) is 11.3 Å². The van der Waals surface area contributed by atoms with Crippen LogP contribution in [0.4, 0.5) is 5.82 Å². The van der Waals surface area contributed by atoms with Gasteiger partial charge in [-0.1, -0.05) is 6.92 Å². The predicted octanol–water partition coefficient (Wildman–Crippen LogP) is 4.34. The lowest BCUT2D eigenvalue weighted by Gasteiger charge is -2.40. The Morgan fingerprint density at radius 1 is 1.12 bits per heavy atom. The highest BCUT2D eigenvalue weighted by atomic mass is 32.1. The maximum Gasteiger partial charge on any atom is 0.141 e. The molecule has 1 aliphatic heterocycles. The van der Waals surface area contributed by atoms with Gasteiger partial charge in [0.25, 0.3) is 0 Å². The zero-order valence-electron chi connectivity index (χ0n) is 15.7. The Kier molecular flexibility index (Phi) is 4.40. The highest BCUT2D eigenvalue weighted by Gasteiger charge is 2.40. The number of rotatable bonds is 2. The average molecular weight is 372 g/mol. The first-order valence-electron chi connectivity index (χ1n) is 10.4. The maximum absolute atomic E-state index is 10.7. The van der Waals surface area contributed by atoms with Crippen molar-refractivity contribution >= 4 is 27.4 Å². The minimum atomic E-state index is -0.148. The highest BCUT2D eigenvalue weighted by Crippen LogP contribution is 2.43. The summed E-state index contributed by atoms with van der Waals surface area (Å²) in [7, 11) is 0. The summed E-state index contributed by atoms with van der Waals surface area (Å²) in [5.41, 5.74) is 1.52. The van der Waals surface area contributed by atoms with Crippen molar-refractivity contribution in [3.8, 4) is 0 Å². The van der Waals surface area contributed by atoms with Gasteiger partial charge in [0.05, 0.1) is 11.5 Å². The van der Waals surface area contributed by atoms with Crippen LogP contribution < -0.4 is 4.90 Å². The number of hydrogen-bond donors (Lipinski definition) is 1. The van der Waals surface area contributed by atoms with E-state index >= 15 is 0 Å². The Labute approximate surface area is 159 Å². The molecule has 3 aliphatic rings. The fourth-order valence-corrected chi connectivity index (χ4v) is 6.84. The molecule has 1 saturated carbocycles. The van der Waals surface area contributed by atoms with Crippen LogP contribution in [-0.2, 0) is 12.8 Å². The summed E-state index contributed by atoms with van der Waals surface area (Å²) < 4.78 is 0. The van der Waals surface area contributed by atoms with E-state index in [1.54, 1.807) is 6.33 Å². The molecule has 2 fully saturated rings. The first kappa shape index (κ1) is 16.9. The largest absolute Gasteiger partial charge is 0.393 e. The SMILES string of the molecule is C[C@@H]1CC[C@H](O)[C@H]([C@@H]2CCCN2c2ncnc3sc4c(c23)CCCC4)C1. The Hall–Kier alpha value is -1.20. The van der Waals surface area contributed by atoms with Crippen LogP contribution in [0.5, 0.6) is 0 Å². The van der Waals surface area contributed by atoms with Gasteiger partial charge in [-0.2, -0.15) is 0 Å². The Balaban J connectivity index is 1.55. The minimum Gasteiger partial charge on any atom is -0.393 e. The van der Waals surface area contributed by atoms with E-state index in [1.807, 2.05) is 11.3 Å². The molecule has 0 amide bonds. The summed E-state index contributed by atoms with van der Waals surface area (Å²) in [6, 6.07) is 0.435. The van der Waals surface area contributed by atoms with Crippen molar-refractivity contribution in [3.63, 3.8) is 0 Å². The Morgan fingerprint density at radius 2 is 2.00 bits per heavy atom. The van der Waals surface area contributed by atoms with Gasteiger partial charge in [0, 0.05) is 23.4 Å². The Morgan fingerprint density at radius 3 is 2.92 bits per heavy atom. The second-order valence-electron chi connectivity index (χ2n) is 8.64. The van der Waals surface area contributed by atoms with Crippen LogP contribution in [0.3, 0.4) is 0 Å². The lowest BCUT2D eigenvalue weighted by atomic mass is 9.76. The van der Waals surface area contributed by atoms with Gasteiger partial charge >= 0.3 is 0 Å². The van der Waals surface area contributed by atoms with E-state index in [9.17, 15) is 5.11 Å². The van der Waals surface area contributed by atoms with Gasteiger partial charge in [-0.25, -0.2) is 9.97 Å². The molecule has 5 rings (SSSR count). The second kappa shape index (κ2) is 6.75. The van der Waals surface area contributed by atoms with Crippen molar-refractivity contribution in [1.29, 1.82) is 0 Å². The quantitative estimate of drug-likeness (QED) is 0.853. The molecule has 1 saturated heterocycles. The first-order chi connectivity index (χ1) is 12.7. The van der Waals surface area contributed by atoms with E-state index in [1.165, 1.54) is 65.6 Å². The molecule has 0 aromatic carbocycles. The molecule has 4 nitrogen and oxygen atoms in total. The predicted molar refractivity (Wildman–Crippen MR) is 107 cm³/mol. The summed E-state index contributed by atoms with van der Waals surface area (Å²) in [5.74, 6) is 2.27. The number of anilines is 1. The standard InChI is InChI=1S/C21H29N3OS/c1-13-8-9-17(25)15(11-13)16-6-4-10-24(16)20-19-14-5-2-3-7-18(14)26-21(19)23-12-22-20/h12-13,15-17,25H,2-11H2,1H3/t13-,15+,16+,17+/m1/s1. The molecule has 26 heavy (non-hydrogen) atoms. The summed E-state index contributed by atoms with van der Waals surface area (Å²) in [6.45, 7) is 3.41. The number of aromatic nitrogens is 2. The summed E-state index contributed by atoms with van der Waals surface area (Å²) >= 11 is 1.88. The van der Waals surface area contributed by atoms with Crippen molar-refractivity contribution in [3.05, 3.63) is 16.8 Å². The number of aryl methyl sites for hydroxylation is 2. The molecule has 1 N–H and O–H groups in total. The Bertz CT molecular complexity index is 804. The average Bonchev–Trinajstić information content (AvgIpc) is 3.28. The van der Waals surface area contributed by atoms with Gasteiger partial charge in [-0.05, 0) is 69.3 Å². The molecule has 0 spiro atoms. The third-order valence-electron chi connectivity index (χ3n) is 6.92. The van der Waals surface area contributed by atoms with E-state index in [0.29, 0.717) is 12.0 Å². The van der Waals surface area contributed by atoms with Crippen LogP contribution in [-0.4, -0.2) is 33.8 Å². The first-order valence-corrected chi connectivity index (χ1v) is 11.2. The van der Waals surface area contributed by atoms with E-state index in [0.717, 1.165) is 31.1 Å². The van der Waals surface area contributed by atoms with Crippen molar-refractivity contribution in [2.24, 2.45) is 11.8 Å². The second-order valence-corrected chi connectivity index (χ2v) is 9.72. The number of hydrogen-bond acceptors (Lipinski definition) is 5. The van der Waals surface area contributed by atoms with Crippen LogP contribution in [0.1, 0.15) is 62.3 Å². The van der Waals surface area contributed by atoms with Crippen LogP contribution in [0.2, 0.25) is 0 Å². The molecule has 0 bridgehead atoms. The zero-order valence-corrected chi connectivity index (χ0v) is 16.5. The number of aliphatic hydroxyl groups is 1. The molecule has 4 atom stereocenters. The molecule has 2 aromatic heterocycles. The van der Waals surface area contributed by atoms with Crippen molar-refractivity contribution < 1.29 is 5.11 Å². The van der Waals surface area contributed by atoms with E-state index < -0.39 is 0 Å². The van der Waals surface area contributed by atoms with Crippen LogP contribution in [0.25, 0.3) is 10.2 Å². The van der Waals surface area contributed by atoms with Gasteiger partial charge in [0.1, 0.15) is 17.0 Å². The number of aliphatic hydroxyl groups excluding tert-OH is 1. The van der Waals surface area contributed by atoms with Crippen LogP contribution in [0, 0.1) is 11.8 Å². The molecule has 5 heteroatoms. The number of fused-ring (bicyclic) bond motifs is 3. The third kappa shape index (κ3) is 2.75. The molecular formula is C21H29N3OS. The molecule has 0 unspecified atom stereocenters. The van der Waals surface area contributed by atoms with Gasteiger partial charge in [-0.3, -0.25) is 0 Å². The lowest BCUT2D eigenvalue weighted by molar-refractivity contribution is 0.0390. The van der Waals surface area contributed by atoms with Gasteiger partial charge in [0.2, 0.25) is 0 Å². The normalized spacial score (nSPS) is 32.2. The fraction of sp³-hybridized carbons (Fsp3) is 0.714. The zero-order chi connectivity index (χ0) is 17.7. The molecular weight excluding hydrogens is 342 g/mol. The summed E-state index contributed by atoms with van der Waals surface area (Å²) in [5, 5.41) is 12.1. The highest BCUT2D eigenvalue weighted by molar-refractivity contribution is 7.19. The maximum atomic E-state index is 10.7. The topological polar surface area (TPSA) is 49.2 Å². The minimum absolute atomic E-state index is 0.148. The third-order valence-corrected chi connectivity index (χ3v) is 8.12. The fourth-order valence-electron chi connectivity index (χ4n) is 5.61. The number of nitrogens with zero attached hydrogens (tertiary/aromatic N) is 3. The van der Waals surface area contributed by atoms with E-state index in [-0.39, 0.29) is 6.10 Å². The summed E-state index contributed by atoms with van der Waals surface area (Å²) in [4.78, 5) is 14.7. The molecule has 2 aliphatic carbocycles. The van der Waals surface area contributed by atoms with Gasteiger partial charge in [0.15, 0.2) is 0 Å². The number of thiophene rings is 1. The molecule has 140 valence electrons. The van der Waals surface area contributed by atoms with Crippen molar-refractivity contribution in [1.82, 2.24) is 9.97 Å². The monoisotopic (exact) mass is 371 g/mol. The van der Waals surface area contributed by atoms with Crippen LogP contribution >= 0.6 is 11.3 Å². The molecule has 3 heterocycles. The van der Waals surface area contributed by atoms with E-state index in [2.05, 4.69) is 16.8 Å². The van der Waals surface area contributed by atoms with Crippen molar-refractivity contribution in [2.45, 2.75) is 76.9 Å². The molecule has 0 radical (unpaired) electrons. The molecule has 2 aromatic rings. The summed E-state index contributed by atoms with van der Waals surface area (Å²) in [6.07, 6.45) is 12.3.